The second-order valence-electron chi connectivity index (χ2n) is 3.89. The zero-order valence-corrected chi connectivity index (χ0v) is 8.65. The molecule has 2 atom stereocenters. The molecule has 0 heterocycles. The summed E-state index contributed by atoms with van der Waals surface area (Å²) in [5.41, 5.74) is 0. The average molecular weight is 188 g/mol. The fourth-order valence-corrected chi connectivity index (χ4v) is 1.07. The molecular formula is C9H18NO3+. The van der Waals surface area contributed by atoms with Gasteiger partial charge in [0.25, 0.3) is 6.23 Å². The molecule has 0 saturated carbocycles. The van der Waals surface area contributed by atoms with E-state index in [-0.39, 0.29) is 0 Å². The van der Waals surface area contributed by atoms with Crippen molar-refractivity contribution < 1.29 is 19.1 Å². The zero-order valence-electron chi connectivity index (χ0n) is 8.65. The van der Waals surface area contributed by atoms with Crippen LogP contribution in [-0.4, -0.2) is 49.0 Å². The summed E-state index contributed by atoms with van der Waals surface area (Å²) in [5.74, 6) is -0.515. The van der Waals surface area contributed by atoms with Gasteiger partial charge in [0, 0.05) is 6.08 Å². The Morgan fingerprint density at radius 3 is 2.23 bits per heavy atom. The smallest absolute Gasteiger partial charge is 0.334 e. The standard InChI is InChI=1S/C9H18NO3/c1-6-8(12)13-9(7(2)11)10(3,4)5/h6-7,9,11H,1H2,2-5H3/q+1. The van der Waals surface area contributed by atoms with E-state index in [1.807, 2.05) is 21.1 Å². The summed E-state index contributed by atoms with van der Waals surface area (Å²) >= 11 is 0. The Kier molecular flexibility index (Phi) is 4.10. The minimum Gasteiger partial charge on any atom is -0.406 e. The van der Waals surface area contributed by atoms with Crippen LogP contribution in [0.3, 0.4) is 0 Å². The third-order valence-corrected chi connectivity index (χ3v) is 1.58. The molecule has 0 amide bonds. The highest BCUT2D eigenvalue weighted by atomic mass is 16.6. The van der Waals surface area contributed by atoms with Crippen molar-refractivity contribution in [3.05, 3.63) is 12.7 Å². The summed E-state index contributed by atoms with van der Waals surface area (Å²) in [6, 6.07) is 0. The lowest BCUT2D eigenvalue weighted by Gasteiger charge is -2.34. The Morgan fingerprint density at radius 2 is 2.00 bits per heavy atom. The summed E-state index contributed by atoms with van der Waals surface area (Å²) in [6.45, 7) is 4.88. The molecule has 0 aliphatic heterocycles. The molecule has 0 fully saturated rings. The van der Waals surface area contributed by atoms with Crippen LogP contribution in [0, 0.1) is 0 Å². The number of aliphatic hydroxyl groups excluding tert-OH is 1. The van der Waals surface area contributed by atoms with E-state index < -0.39 is 18.3 Å². The molecule has 4 heteroatoms. The van der Waals surface area contributed by atoms with Crippen LogP contribution in [0.15, 0.2) is 12.7 Å². The maximum absolute atomic E-state index is 10.9. The van der Waals surface area contributed by atoms with E-state index >= 15 is 0 Å². The molecule has 0 saturated heterocycles. The van der Waals surface area contributed by atoms with Crippen molar-refractivity contribution in [2.24, 2.45) is 0 Å². The Bertz CT molecular complexity index is 194. The Balaban J connectivity index is 4.45. The highest BCUT2D eigenvalue weighted by molar-refractivity contribution is 5.81. The van der Waals surface area contributed by atoms with Crippen LogP contribution in [-0.2, 0) is 9.53 Å². The molecule has 0 radical (unpaired) electrons. The third kappa shape index (κ3) is 4.05. The summed E-state index contributed by atoms with van der Waals surface area (Å²) < 4.78 is 5.35. The summed E-state index contributed by atoms with van der Waals surface area (Å²) in [4.78, 5) is 10.9. The van der Waals surface area contributed by atoms with Crippen LogP contribution < -0.4 is 0 Å². The molecule has 0 spiro atoms. The number of likely N-dealkylation sites (N-methyl/N-ethyl adjacent to an activating group) is 1. The van der Waals surface area contributed by atoms with Crippen LogP contribution in [0.2, 0.25) is 0 Å². The first-order chi connectivity index (χ1) is 5.79. The number of carbonyl (C=O) groups excluding carboxylic acids is 1. The number of ether oxygens (including phenoxy) is 1. The maximum atomic E-state index is 10.9. The quantitative estimate of drug-likeness (QED) is 0.295. The molecule has 76 valence electrons. The normalized spacial score (nSPS) is 16.1. The van der Waals surface area contributed by atoms with E-state index in [9.17, 15) is 9.90 Å². The minimum atomic E-state index is -0.705. The van der Waals surface area contributed by atoms with Crippen LogP contribution in [0.4, 0.5) is 0 Å². The van der Waals surface area contributed by atoms with Gasteiger partial charge in [0.1, 0.15) is 6.10 Å². The van der Waals surface area contributed by atoms with Gasteiger partial charge in [0.05, 0.1) is 21.1 Å². The highest BCUT2D eigenvalue weighted by Crippen LogP contribution is 2.09. The summed E-state index contributed by atoms with van der Waals surface area (Å²) in [6.07, 6.45) is -0.181. The Labute approximate surface area is 79.0 Å². The van der Waals surface area contributed by atoms with Gasteiger partial charge in [-0.25, -0.2) is 4.79 Å². The van der Waals surface area contributed by atoms with Crippen molar-refractivity contribution in [3.63, 3.8) is 0 Å². The van der Waals surface area contributed by atoms with Crippen molar-refractivity contribution in [3.8, 4) is 0 Å². The number of nitrogens with zero attached hydrogens (tertiary/aromatic N) is 1. The van der Waals surface area contributed by atoms with Crippen molar-refractivity contribution in [2.75, 3.05) is 21.1 Å². The lowest BCUT2D eigenvalue weighted by atomic mass is 10.3. The van der Waals surface area contributed by atoms with Crippen molar-refractivity contribution in [2.45, 2.75) is 19.3 Å². The largest absolute Gasteiger partial charge is 0.406 e. The van der Waals surface area contributed by atoms with Crippen LogP contribution in [0.5, 0.6) is 0 Å². The summed E-state index contributed by atoms with van der Waals surface area (Å²) in [5, 5.41) is 9.37. The van der Waals surface area contributed by atoms with Gasteiger partial charge in [-0.1, -0.05) is 6.58 Å². The predicted octanol–water partition coefficient (Wildman–Crippen LogP) is 0.129. The SMILES string of the molecule is C=CC(=O)OC(C(C)O)[N+](C)(C)C. The molecule has 13 heavy (non-hydrogen) atoms. The Hall–Kier alpha value is -0.870. The van der Waals surface area contributed by atoms with E-state index in [2.05, 4.69) is 6.58 Å². The van der Waals surface area contributed by atoms with Crippen LogP contribution in [0.1, 0.15) is 6.92 Å². The first-order valence-corrected chi connectivity index (χ1v) is 4.11. The van der Waals surface area contributed by atoms with Gasteiger partial charge in [-0.3, -0.25) is 4.48 Å². The molecule has 2 unspecified atom stereocenters. The minimum absolute atomic E-state index is 0.358. The number of hydrogen-bond donors (Lipinski definition) is 1. The predicted molar refractivity (Wildman–Crippen MR) is 49.8 cm³/mol. The van der Waals surface area contributed by atoms with E-state index in [0.29, 0.717) is 4.48 Å². The number of rotatable bonds is 4. The highest BCUT2D eigenvalue weighted by Gasteiger charge is 2.31. The number of carbonyl (C=O) groups is 1. The topological polar surface area (TPSA) is 46.5 Å². The van der Waals surface area contributed by atoms with Gasteiger partial charge in [-0.15, -0.1) is 0 Å². The molecule has 1 N–H and O–H groups in total. The second-order valence-corrected chi connectivity index (χ2v) is 3.89. The molecular weight excluding hydrogens is 170 g/mol. The molecule has 0 aliphatic rings. The van der Waals surface area contributed by atoms with Gasteiger partial charge in [0.2, 0.25) is 0 Å². The van der Waals surface area contributed by atoms with Crippen molar-refractivity contribution >= 4 is 5.97 Å². The molecule has 0 rings (SSSR count). The van der Waals surface area contributed by atoms with Gasteiger partial charge < -0.3 is 9.84 Å². The first kappa shape index (κ1) is 12.1. The average Bonchev–Trinajstić information content (AvgIpc) is 1.96. The van der Waals surface area contributed by atoms with Gasteiger partial charge in [0.15, 0.2) is 0 Å². The fraction of sp³-hybridized carbons (Fsp3) is 0.667. The van der Waals surface area contributed by atoms with Crippen LogP contribution in [0.25, 0.3) is 0 Å². The third-order valence-electron chi connectivity index (χ3n) is 1.58. The fourth-order valence-electron chi connectivity index (χ4n) is 1.07. The molecule has 0 aromatic carbocycles. The molecule has 0 aromatic heterocycles. The molecule has 0 aliphatic carbocycles. The summed E-state index contributed by atoms with van der Waals surface area (Å²) in [7, 11) is 5.52. The number of esters is 1. The zero-order chi connectivity index (χ0) is 10.6. The number of quaternary nitrogens is 1. The lowest BCUT2D eigenvalue weighted by molar-refractivity contribution is -0.920. The monoisotopic (exact) mass is 188 g/mol. The number of aliphatic hydroxyl groups is 1. The van der Waals surface area contributed by atoms with Crippen molar-refractivity contribution in [1.29, 1.82) is 0 Å². The second kappa shape index (κ2) is 4.39. The molecule has 0 bridgehead atoms. The maximum Gasteiger partial charge on any atom is 0.334 e. The van der Waals surface area contributed by atoms with Gasteiger partial charge in [-0.05, 0) is 6.92 Å². The molecule has 4 nitrogen and oxygen atoms in total. The van der Waals surface area contributed by atoms with Crippen molar-refractivity contribution in [1.82, 2.24) is 0 Å². The Morgan fingerprint density at radius 1 is 1.54 bits per heavy atom. The van der Waals surface area contributed by atoms with Crippen LogP contribution >= 0.6 is 0 Å². The van der Waals surface area contributed by atoms with E-state index in [4.69, 9.17) is 4.74 Å². The lowest BCUT2D eigenvalue weighted by Crippen LogP contribution is -2.53. The first-order valence-electron chi connectivity index (χ1n) is 4.11. The number of hydrogen-bond acceptors (Lipinski definition) is 3. The van der Waals surface area contributed by atoms with E-state index in [1.54, 1.807) is 6.92 Å². The molecule has 0 aromatic rings. The van der Waals surface area contributed by atoms with E-state index in [0.717, 1.165) is 6.08 Å². The van der Waals surface area contributed by atoms with Gasteiger partial charge in [-0.2, -0.15) is 0 Å². The van der Waals surface area contributed by atoms with E-state index in [1.165, 1.54) is 0 Å². The van der Waals surface area contributed by atoms with Gasteiger partial charge >= 0.3 is 5.97 Å².